The maximum absolute atomic E-state index is 10.8. The predicted octanol–water partition coefficient (Wildman–Crippen LogP) is 1.13. The number of hydrogen-bond acceptors (Lipinski definition) is 2. The molecule has 0 bridgehead atoms. The molecule has 0 aliphatic heterocycles. The van der Waals surface area contributed by atoms with Gasteiger partial charge in [-0.15, -0.1) is 0 Å². The highest BCUT2D eigenvalue weighted by Crippen LogP contribution is 2.24. The van der Waals surface area contributed by atoms with Gasteiger partial charge >= 0.3 is 0 Å². The van der Waals surface area contributed by atoms with Crippen molar-refractivity contribution in [1.82, 2.24) is 0 Å². The quantitative estimate of drug-likeness (QED) is 0.595. The lowest BCUT2D eigenvalue weighted by atomic mass is 9.84. The number of carbonyl (C=O) groups is 1. The van der Waals surface area contributed by atoms with Gasteiger partial charge in [-0.3, -0.25) is 4.79 Å². The van der Waals surface area contributed by atoms with Crippen molar-refractivity contribution in [2.75, 3.05) is 0 Å². The van der Waals surface area contributed by atoms with E-state index in [0.717, 1.165) is 25.7 Å². The van der Waals surface area contributed by atoms with Crippen molar-refractivity contribution in [3.05, 3.63) is 0 Å². The van der Waals surface area contributed by atoms with E-state index in [4.69, 9.17) is 0 Å². The lowest BCUT2D eigenvalue weighted by molar-refractivity contribution is -0.125. The minimum absolute atomic E-state index is 0.0613. The zero-order chi connectivity index (χ0) is 7.56. The smallest absolute Gasteiger partial charge is 0.135 e. The van der Waals surface area contributed by atoms with E-state index >= 15 is 0 Å². The van der Waals surface area contributed by atoms with Crippen LogP contribution in [0.25, 0.3) is 0 Å². The summed E-state index contributed by atoms with van der Waals surface area (Å²) in [5.41, 5.74) is 0. The molecule has 1 saturated carbocycles. The van der Waals surface area contributed by atoms with E-state index in [-0.39, 0.29) is 17.8 Å². The van der Waals surface area contributed by atoms with Crippen LogP contribution in [0.2, 0.25) is 0 Å². The summed E-state index contributed by atoms with van der Waals surface area (Å²) in [5, 5.41) is 9.32. The molecule has 2 heteroatoms. The molecule has 1 fully saturated rings. The van der Waals surface area contributed by atoms with Crippen LogP contribution in [0.3, 0.4) is 0 Å². The molecule has 2 atom stereocenters. The van der Waals surface area contributed by atoms with Crippen LogP contribution in [0.15, 0.2) is 0 Å². The van der Waals surface area contributed by atoms with E-state index in [1.807, 2.05) is 0 Å². The minimum Gasteiger partial charge on any atom is -0.392 e. The average molecular weight is 142 g/mol. The van der Waals surface area contributed by atoms with Crippen LogP contribution in [0.4, 0.5) is 0 Å². The molecule has 0 aromatic carbocycles. The predicted molar refractivity (Wildman–Crippen MR) is 38.6 cm³/mol. The first-order chi connectivity index (χ1) is 4.72. The van der Waals surface area contributed by atoms with Crippen LogP contribution >= 0.6 is 0 Å². The topological polar surface area (TPSA) is 37.3 Å². The highest BCUT2D eigenvalue weighted by Gasteiger charge is 2.26. The number of aliphatic hydroxyl groups excluding tert-OH is 1. The van der Waals surface area contributed by atoms with Crippen molar-refractivity contribution >= 4 is 5.78 Å². The molecule has 0 aromatic heterocycles. The van der Waals surface area contributed by atoms with E-state index < -0.39 is 0 Å². The van der Waals surface area contributed by atoms with Crippen LogP contribution in [0.1, 0.15) is 32.6 Å². The molecule has 0 amide bonds. The molecule has 1 N–H and O–H groups in total. The Morgan fingerprint density at radius 2 is 2.00 bits per heavy atom. The van der Waals surface area contributed by atoms with Gasteiger partial charge in [0.2, 0.25) is 0 Å². The molecule has 0 spiro atoms. The second kappa shape index (κ2) is 3.15. The summed E-state index contributed by atoms with van der Waals surface area (Å²) >= 11 is 0. The van der Waals surface area contributed by atoms with E-state index in [0.29, 0.717) is 0 Å². The van der Waals surface area contributed by atoms with Crippen LogP contribution in [-0.2, 0) is 4.79 Å². The maximum Gasteiger partial charge on any atom is 0.135 e. The second-order valence-electron chi connectivity index (χ2n) is 3.07. The van der Waals surface area contributed by atoms with Gasteiger partial charge in [0.25, 0.3) is 0 Å². The first-order valence-electron chi connectivity index (χ1n) is 3.90. The SMILES string of the molecule is CC(=O)C1CCCCC1O. The van der Waals surface area contributed by atoms with Crippen molar-refractivity contribution in [1.29, 1.82) is 0 Å². The third kappa shape index (κ3) is 1.57. The maximum atomic E-state index is 10.8. The molecule has 1 rings (SSSR count). The van der Waals surface area contributed by atoms with E-state index in [9.17, 15) is 9.90 Å². The Balaban J connectivity index is 2.47. The zero-order valence-corrected chi connectivity index (χ0v) is 6.34. The molecule has 10 heavy (non-hydrogen) atoms. The monoisotopic (exact) mass is 142 g/mol. The van der Waals surface area contributed by atoms with Gasteiger partial charge in [-0.2, -0.15) is 0 Å². The number of ketones is 1. The Hall–Kier alpha value is -0.370. The molecular weight excluding hydrogens is 128 g/mol. The molecule has 2 nitrogen and oxygen atoms in total. The summed E-state index contributed by atoms with van der Waals surface area (Å²) in [6.07, 6.45) is 3.51. The van der Waals surface area contributed by atoms with Crippen LogP contribution in [0, 0.1) is 5.92 Å². The van der Waals surface area contributed by atoms with Crippen molar-refractivity contribution < 1.29 is 9.90 Å². The van der Waals surface area contributed by atoms with E-state index in [1.54, 1.807) is 6.92 Å². The van der Waals surface area contributed by atoms with Gasteiger partial charge in [-0.25, -0.2) is 0 Å². The lowest BCUT2D eigenvalue weighted by Gasteiger charge is -2.24. The van der Waals surface area contributed by atoms with Gasteiger partial charge in [0.15, 0.2) is 0 Å². The van der Waals surface area contributed by atoms with Crippen molar-refractivity contribution in [3.8, 4) is 0 Å². The lowest BCUT2D eigenvalue weighted by Crippen LogP contribution is -2.29. The van der Waals surface area contributed by atoms with Gasteiger partial charge in [0, 0.05) is 5.92 Å². The van der Waals surface area contributed by atoms with Crippen molar-refractivity contribution in [2.45, 2.75) is 38.7 Å². The Bertz CT molecular complexity index is 131. The molecule has 58 valence electrons. The fourth-order valence-electron chi connectivity index (χ4n) is 1.59. The summed E-state index contributed by atoms with van der Waals surface area (Å²) in [6, 6.07) is 0. The summed E-state index contributed by atoms with van der Waals surface area (Å²) in [7, 11) is 0. The van der Waals surface area contributed by atoms with Crippen LogP contribution in [0.5, 0.6) is 0 Å². The molecule has 0 aromatic rings. The normalized spacial score (nSPS) is 33.8. The summed E-state index contributed by atoms with van der Waals surface area (Å²) in [5.74, 6) is 0.0842. The third-order valence-electron chi connectivity index (χ3n) is 2.25. The number of Topliss-reactive ketones (excluding diaryl/α,β-unsaturated/α-hetero) is 1. The average Bonchev–Trinajstić information content (AvgIpc) is 1.88. The van der Waals surface area contributed by atoms with E-state index in [1.165, 1.54) is 0 Å². The highest BCUT2D eigenvalue weighted by atomic mass is 16.3. The van der Waals surface area contributed by atoms with E-state index in [2.05, 4.69) is 0 Å². The Kier molecular flexibility index (Phi) is 2.44. The molecule has 1 aliphatic carbocycles. The Morgan fingerprint density at radius 1 is 1.40 bits per heavy atom. The third-order valence-corrected chi connectivity index (χ3v) is 2.25. The Labute approximate surface area is 61.2 Å². The fourth-order valence-corrected chi connectivity index (χ4v) is 1.59. The summed E-state index contributed by atoms with van der Waals surface area (Å²) in [6.45, 7) is 1.57. The highest BCUT2D eigenvalue weighted by molar-refractivity contribution is 5.78. The van der Waals surface area contributed by atoms with Gasteiger partial charge < -0.3 is 5.11 Å². The first kappa shape index (κ1) is 7.73. The summed E-state index contributed by atoms with van der Waals surface area (Å²) in [4.78, 5) is 10.8. The summed E-state index contributed by atoms with van der Waals surface area (Å²) < 4.78 is 0. The largest absolute Gasteiger partial charge is 0.392 e. The number of rotatable bonds is 1. The first-order valence-corrected chi connectivity index (χ1v) is 3.90. The van der Waals surface area contributed by atoms with Crippen molar-refractivity contribution in [2.24, 2.45) is 5.92 Å². The molecule has 0 radical (unpaired) electrons. The van der Waals surface area contributed by atoms with Crippen LogP contribution < -0.4 is 0 Å². The Morgan fingerprint density at radius 3 is 2.40 bits per heavy atom. The number of carbonyl (C=O) groups excluding carboxylic acids is 1. The van der Waals surface area contributed by atoms with Crippen LogP contribution in [-0.4, -0.2) is 17.0 Å². The van der Waals surface area contributed by atoms with Gasteiger partial charge in [0.1, 0.15) is 5.78 Å². The van der Waals surface area contributed by atoms with Gasteiger partial charge in [-0.1, -0.05) is 12.8 Å². The fraction of sp³-hybridized carbons (Fsp3) is 0.875. The standard InChI is InChI=1S/C8H14O2/c1-6(9)7-4-2-3-5-8(7)10/h7-8,10H,2-5H2,1H3. The molecular formula is C8H14O2. The van der Waals surface area contributed by atoms with Gasteiger partial charge in [0.05, 0.1) is 6.10 Å². The zero-order valence-electron chi connectivity index (χ0n) is 6.34. The molecule has 0 saturated heterocycles. The second-order valence-corrected chi connectivity index (χ2v) is 3.07. The molecule has 2 unspecified atom stereocenters. The van der Waals surface area contributed by atoms with Gasteiger partial charge in [-0.05, 0) is 19.8 Å². The number of aliphatic hydroxyl groups is 1. The molecule has 0 heterocycles. The minimum atomic E-state index is -0.355. The number of hydrogen-bond donors (Lipinski definition) is 1. The molecule has 1 aliphatic rings. The van der Waals surface area contributed by atoms with Crippen molar-refractivity contribution in [3.63, 3.8) is 0 Å².